The Balaban J connectivity index is 0.000000479. The highest BCUT2D eigenvalue weighted by Gasteiger charge is 2.38. The molecule has 33 heavy (non-hydrogen) atoms. The van der Waals surface area contributed by atoms with E-state index in [1.807, 2.05) is 37.3 Å². The highest BCUT2D eigenvalue weighted by atomic mass is 35.5. The summed E-state index contributed by atoms with van der Waals surface area (Å²) < 4.78 is 31.7. The van der Waals surface area contributed by atoms with Gasteiger partial charge in [-0.1, -0.05) is 23.7 Å². The normalized spacial score (nSPS) is 13.6. The molecule has 0 radical (unpaired) electrons. The molecule has 12 heteroatoms. The van der Waals surface area contributed by atoms with Crippen molar-refractivity contribution >= 4 is 40.9 Å². The lowest BCUT2D eigenvalue weighted by Gasteiger charge is -2.18. The molecular weight excluding hydrogens is 465 g/mol. The van der Waals surface area contributed by atoms with E-state index in [2.05, 4.69) is 15.4 Å². The predicted octanol–water partition coefficient (Wildman–Crippen LogP) is 3.81. The number of alkyl halides is 3. The second-order valence-corrected chi connectivity index (χ2v) is 7.46. The first-order valence-electron chi connectivity index (χ1n) is 9.52. The Labute approximate surface area is 192 Å². The first-order valence-corrected chi connectivity index (χ1v) is 9.90. The standard InChI is InChI=1S/C19H19ClN4O2.C2HF3O2/c1-12-8-17(22-19(26)16-6-7-18(25)24(2)23-16)21-11-14(12)9-13-4-3-5-15(20)10-13;3-2(4,5)1(6)7/h3-5,8,10-11H,6-7,9H2,1-2H3,(H,21,22,26);(H,6,7). The Kier molecular flexibility index (Phi) is 8.52. The molecule has 2 aromatic rings. The minimum absolute atomic E-state index is 0.0964. The zero-order chi connectivity index (χ0) is 24.8. The first kappa shape index (κ1) is 25.8. The summed E-state index contributed by atoms with van der Waals surface area (Å²) in [5, 5.41) is 15.8. The number of nitrogens with one attached hydrogen (secondary N) is 1. The molecule has 0 atom stereocenters. The molecule has 176 valence electrons. The van der Waals surface area contributed by atoms with Crippen LogP contribution in [0.15, 0.2) is 41.6 Å². The average molecular weight is 485 g/mol. The van der Waals surface area contributed by atoms with E-state index in [1.165, 1.54) is 5.01 Å². The lowest BCUT2D eigenvalue weighted by atomic mass is 10.0. The number of benzene rings is 1. The van der Waals surface area contributed by atoms with Gasteiger partial charge in [-0.2, -0.15) is 18.3 Å². The van der Waals surface area contributed by atoms with Crippen LogP contribution in [0.3, 0.4) is 0 Å². The number of carbonyl (C=O) groups is 3. The Morgan fingerprint density at radius 3 is 2.45 bits per heavy atom. The van der Waals surface area contributed by atoms with Crippen molar-refractivity contribution in [2.45, 2.75) is 32.4 Å². The smallest absolute Gasteiger partial charge is 0.475 e. The summed E-state index contributed by atoms with van der Waals surface area (Å²) in [5.74, 6) is -2.73. The molecule has 0 spiro atoms. The van der Waals surface area contributed by atoms with Crippen LogP contribution in [-0.2, 0) is 20.8 Å². The number of aromatic nitrogens is 1. The van der Waals surface area contributed by atoms with Crippen molar-refractivity contribution in [3.05, 3.63) is 58.2 Å². The summed E-state index contributed by atoms with van der Waals surface area (Å²) in [5.41, 5.74) is 3.51. The van der Waals surface area contributed by atoms with Gasteiger partial charge in [0.15, 0.2) is 0 Å². The second kappa shape index (κ2) is 10.9. The molecule has 0 unspecified atom stereocenters. The van der Waals surface area contributed by atoms with Crippen molar-refractivity contribution in [1.29, 1.82) is 0 Å². The molecule has 3 rings (SSSR count). The van der Waals surface area contributed by atoms with Crippen LogP contribution in [-0.4, -0.2) is 51.8 Å². The van der Waals surface area contributed by atoms with E-state index in [0.29, 0.717) is 29.4 Å². The third-order valence-electron chi connectivity index (χ3n) is 4.46. The van der Waals surface area contributed by atoms with Gasteiger partial charge in [-0.3, -0.25) is 9.59 Å². The Bertz CT molecular complexity index is 1090. The Morgan fingerprint density at radius 1 is 1.24 bits per heavy atom. The molecule has 1 aromatic heterocycles. The molecule has 0 bridgehead atoms. The van der Waals surface area contributed by atoms with Gasteiger partial charge in [0.2, 0.25) is 5.91 Å². The minimum Gasteiger partial charge on any atom is -0.475 e. The van der Waals surface area contributed by atoms with Crippen molar-refractivity contribution in [1.82, 2.24) is 9.99 Å². The highest BCUT2D eigenvalue weighted by Crippen LogP contribution is 2.19. The molecule has 0 saturated carbocycles. The van der Waals surface area contributed by atoms with E-state index >= 15 is 0 Å². The fourth-order valence-corrected chi connectivity index (χ4v) is 2.94. The van der Waals surface area contributed by atoms with Crippen molar-refractivity contribution in [3.63, 3.8) is 0 Å². The van der Waals surface area contributed by atoms with Crippen LogP contribution in [0.5, 0.6) is 0 Å². The number of aliphatic carboxylic acids is 1. The maximum Gasteiger partial charge on any atom is 0.490 e. The van der Waals surface area contributed by atoms with Crippen LogP contribution in [0.2, 0.25) is 5.02 Å². The maximum absolute atomic E-state index is 12.3. The number of carboxylic acids is 1. The van der Waals surface area contributed by atoms with Gasteiger partial charge < -0.3 is 10.4 Å². The lowest BCUT2D eigenvalue weighted by molar-refractivity contribution is -0.192. The number of hydrazone groups is 1. The summed E-state index contributed by atoms with van der Waals surface area (Å²) in [6, 6.07) is 9.53. The molecule has 0 saturated heterocycles. The quantitative estimate of drug-likeness (QED) is 0.685. The van der Waals surface area contributed by atoms with Gasteiger partial charge in [0.1, 0.15) is 11.5 Å². The number of halogens is 4. The van der Waals surface area contributed by atoms with Gasteiger partial charge in [-0.15, -0.1) is 0 Å². The summed E-state index contributed by atoms with van der Waals surface area (Å²) >= 11 is 6.03. The average Bonchev–Trinajstić information content (AvgIpc) is 2.72. The monoisotopic (exact) mass is 484 g/mol. The number of carboxylic acid groups (broad SMARTS) is 1. The summed E-state index contributed by atoms with van der Waals surface area (Å²) in [6.07, 6.45) is -1.99. The molecule has 0 fully saturated rings. The van der Waals surface area contributed by atoms with Gasteiger partial charge in [-0.25, -0.2) is 14.8 Å². The molecule has 1 aromatic carbocycles. The number of hydrogen-bond donors (Lipinski definition) is 2. The number of hydrogen-bond acceptors (Lipinski definition) is 5. The van der Waals surface area contributed by atoms with E-state index in [4.69, 9.17) is 21.5 Å². The SMILES string of the molecule is Cc1cc(NC(=O)C2=NN(C)C(=O)CC2)ncc1Cc1cccc(Cl)c1.O=C(O)C(F)(F)F. The van der Waals surface area contributed by atoms with E-state index in [0.717, 1.165) is 16.7 Å². The summed E-state index contributed by atoms with van der Waals surface area (Å²) in [4.78, 5) is 37.0. The van der Waals surface area contributed by atoms with Gasteiger partial charge in [0, 0.05) is 31.1 Å². The lowest BCUT2D eigenvalue weighted by Crippen LogP contribution is -2.34. The molecular formula is C21H20ClF3N4O4. The Hall–Kier alpha value is -3.47. The van der Waals surface area contributed by atoms with Crippen molar-refractivity contribution in [2.75, 3.05) is 12.4 Å². The maximum atomic E-state index is 12.3. The number of aryl methyl sites for hydroxylation is 1. The zero-order valence-corrected chi connectivity index (χ0v) is 18.4. The van der Waals surface area contributed by atoms with Crippen LogP contribution in [0.1, 0.15) is 29.5 Å². The molecule has 2 amide bonds. The van der Waals surface area contributed by atoms with Crippen LogP contribution >= 0.6 is 11.6 Å². The molecule has 1 aliphatic rings. The topological polar surface area (TPSA) is 112 Å². The van der Waals surface area contributed by atoms with Crippen LogP contribution in [0.4, 0.5) is 19.0 Å². The number of pyridine rings is 1. The highest BCUT2D eigenvalue weighted by molar-refractivity contribution is 6.43. The summed E-state index contributed by atoms with van der Waals surface area (Å²) in [6.45, 7) is 1.97. The molecule has 8 nitrogen and oxygen atoms in total. The molecule has 2 N–H and O–H groups in total. The van der Waals surface area contributed by atoms with E-state index in [1.54, 1.807) is 13.2 Å². The minimum atomic E-state index is -5.08. The first-order chi connectivity index (χ1) is 15.4. The van der Waals surface area contributed by atoms with Gasteiger partial charge >= 0.3 is 12.1 Å². The fourth-order valence-electron chi connectivity index (χ4n) is 2.73. The molecule has 2 heterocycles. The number of rotatable bonds is 4. The summed E-state index contributed by atoms with van der Waals surface area (Å²) in [7, 11) is 1.54. The van der Waals surface area contributed by atoms with E-state index < -0.39 is 12.1 Å². The van der Waals surface area contributed by atoms with Gasteiger partial charge in [0.25, 0.3) is 5.91 Å². The van der Waals surface area contributed by atoms with Gasteiger partial charge in [-0.05, 0) is 48.2 Å². The van der Waals surface area contributed by atoms with Gasteiger partial charge in [0.05, 0.1) is 0 Å². The van der Waals surface area contributed by atoms with E-state index in [9.17, 15) is 22.8 Å². The predicted molar refractivity (Wildman–Crippen MR) is 115 cm³/mol. The van der Waals surface area contributed by atoms with E-state index in [-0.39, 0.29) is 18.2 Å². The Morgan fingerprint density at radius 2 is 1.91 bits per heavy atom. The van der Waals surface area contributed by atoms with Crippen molar-refractivity contribution < 1.29 is 32.7 Å². The van der Waals surface area contributed by atoms with Crippen molar-refractivity contribution in [3.8, 4) is 0 Å². The third-order valence-corrected chi connectivity index (χ3v) is 4.69. The number of nitrogens with zero attached hydrogens (tertiary/aromatic N) is 3. The molecule has 0 aliphatic carbocycles. The number of anilines is 1. The third kappa shape index (κ3) is 7.86. The fraction of sp³-hybridized carbons (Fsp3) is 0.286. The largest absolute Gasteiger partial charge is 0.490 e. The van der Waals surface area contributed by atoms with Crippen molar-refractivity contribution in [2.24, 2.45) is 5.10 Å². The van der Waals surface area contributed by atoms with Crippen LogP contribution < -0.4 is 5.32 Å². The zero-order valence-electron chi connectivity index (χ0n) is 17.6. The number of carbonyl (C=O) groups excluding carboxylic acids is 2. The van der Waals surface area contributed by atoms with Crippen LogP contribution in [0, 0.1) is 6.92 Å². The molecule has 1 aliphatic heterocycles. The second-order valence-electron chi connectivity index (χ2n) is 7.02. The number of amides is 2. The van der Waals surface area contributed by atoms with Crippen LogP contribution in [0.25, 0.3) is 0 Å².